The molecule has 2 aromatic carbocycles. The van der Waals surface area contributed by atoms with Gasteiger partial charge in [0.1, 0.15) is 6.29 Å². The number of aromatic nitrogens is 1. The number of aryl methyl sites for hydroxylation is 1. The summed E-state index contributed by atoms with van der Waals surface area (Å²) in [5.41, 5.74) is 2.36. The van der Waals surface area contributed by atoms with E-state index in [4.69, 9.17) is 5.11 Å². The minimum atomic E-state index is -0.960. The van der Waals surface area contributed by atoms with Crippen molar-refractivity contribution >= 4 is 17.1 Å². The highest BCUT2D eigenvalue weighted by Gasteiger charge is 2.24. The Bertz CT molecular complexity index is 1140. The number of pyridine rings is 1. The number of rotatable bonds is 8. The fourth-order valence-corrected chi connectivity index (χ4v) is 4.10. The maximum atomic E-state index is 14.1. The first-order chi connectivity index (χ1) is 15.4. The number of aliphatic hydroxyl groups is 1. The monoisotopic (exact) mass is 443 g/mol. The summed E-state index contributed by atoms with van der Waals surface area (Å²) >= 11 is 0. The molecule has 32 heavy (non-hydrogen) atoms. The molecule has 0 bridgehead atoms. The Morgan fingerprint density at radius 2 is 1.72 bits per heavy atom. The van der Waals surface area contributed by atoms with Crippen molar-refractivity contribution in [1.82, 2.24) is 4.57 Å². The van der Waals surface area contributed by atoms with Crippen molar-refractivity contribution in [1.29, 1.82) is 0 Å². The Morgan fingerprint density at radius 3 is 2.34 bits per heavy atom. The highest BCUT2D eigenvalue weighted by atomic mass is 19.2. The average Bonchev–Trinajstić information content (AvgIpc) is 2.80. The normalized spacial score (nSPS) is 11.7. The van der Waals surface area contributed by atoms with E-state index in [1.807, 2.05) is 19.1 Å². The molecular formula is C26H31F2NO3. The summed E-state index contributed by atoms with van der Waals surface area (Å²) in [6.07, 6.45) is 5.49. The molecule has 6 heteroatoms. The molecule has 1 unspecified atom stereocenters. The third-order valence-electron chi connectivity index (χ3n) is 5.69. The van der Waals surface area contributed by atoms with Crippen molar-refractivity contribution < 1.29 is 18.7 Å². The van der Waals surface area contributed by atoms with Crippen LogP contribution in [0.5, 0.6) is 0 Å². The van der Waals surface area contributed by atoms with Crippen LogP contribution in [0.2, 0.25) is 0 Å². The second-order valence-corrected chi connectivity index (χ2v) is 7.89. The van der Waals surface area contributed by atoms with Gasteiger partial charge in [-0.15, -0.1) is 0 Å². The maximum Gasteiger partial charge on any atom is 0.258 e. The minimum Gasteiger partial charge on any atom is -0.400 e. The molecule has 1 aromatic heterocycles. The van der Waals surface area contributed by atoms with Gasteiger partial charge in [-0.25, -0.2) is 8.78 Å². The first-order valence-electron chi connectivity index (χ1n) is 10.9. The second kappa shape index (κ2) is 11.7. The molecule has 0 aliphatic rings. The zero-order chi connectivity index (χ0) is 23.8. The number of hydrogen-bond acceptors (Lipinski definition) is 3. The predicted molar refractivity (Wildman–Crippen MR) is 125 cm³/mol. The van der Waals surface area contributed by atoms with E-state index in [-0.39, 0.29) is 5.56 Å². The molecule has 1 heterocycles. The zero-order valence-corrected chi connectivity index (χ0v) is 19.1. The lowest BCUT2D eigenvalue weighted by atomic mass is 9.88. The van der Waals surface area contributed by atoms with Gasteiger partial charge in [0.25, 0.3) is 5.56 Å². The zero-order valence-electron chi connectivity index (χ0n) is 19.1. The number of unbranched alkanes of at least 4 members (excludes halogenated alkanes) is 3. The molecule has 172 valence electrons. The Labute approximate surface area is 187 Å². The number of fused-ring (bicyclic) bond motifs is 1. The Balaban J connectivity index is 0.00000176. The maximum absolute atomic E-state index is 14.1. The molecule has 0 fully saturated rings. The largest absolute Gasteiger partial charge is 0.400 e. The molecule has 0 aliphatic carbocycles. The van der Waals surface area contributed by atoms with E-state index in [2.05, 4.69) is 6.92 Å². The van der Waals surface area contributed by atoms with Crippen molar-refractivity contribution in [2.45, 2.75) is 51.9 Å². The molecule has 0 saturated heterocycles. The smallest absolute Gasteiger partial charge is 0.258 e. The Morgan fingerprint density at radius 1 is 1.00 bits per heavy atom. The molecule has 1 atom stereocenters. The van der Waals surface area contributed by atoms with Gasteiger partial charge in [0.15, 0.2) is 11.6 Å². The number of carbonyl (C=O) groups is 1. The van der Waals surface area contributed by atoms with Gasteiger partial charge < -0.3 is 14.5 Å². The van der Waals surface area contributed by atoms with Gasteiger partial charge in [-0.3, -0.25) is 4.79 Å². The molecule has 3 rings (SSSR count). The molecule has 0 spiro atoms. The van der Waals surface area contributed by atoms with Gasteiger partial charge in [0.2, 0.25) is 0 Å². The quantitative estimate of drug-likeness (QED) is 0.361. The Kier molecular flexibility index (Phi) is 9.27. The number of halogens is 2. The van der Waals surface area contributed by atoms with E-state index in [1.54, 1.807) is 13.1 Å². The van der Waals surface area contributed by atoms with Crippen molar-refractivity contribution in [3.8, 4) is 11.1 Å². The highest BCUT2D eigenvalue weighted by molar-refractivity contribution is 5.98. The number of hydrogen-bond donors (Lipinski definition) is 1. The second-order valence-electron chi connectivity index (χ2n) is 7.89. The summed E-state index contributed by atoms with van der Waals surface area (Å²) in [6.45, 7) is 4.03. The minimum absolute atomic E-state index is 0.202. The van der Waals surface area contributed by atoms with Crippen molar-refractivity contribution in [3.05, 3.63) is 69.6 Å². The van der Waals surface area contributed by atoms with Gasteiger partial charge >= 0.3 is 0 Å². The summed E-state index contributed by atoms with van der Waals surface area (Å²) in [5, 5.41) is 8.14. The van der Waals surface area contributed by atoms with Crippen molar-refractivity contribution in [2.24, 2.45) is 7.05 Å². The van der Waals surface area contributed by atoms with E-state index in [1.165, 1.54) is 10.6 Å². The molecule has 1 N–H and O–H groups in total. The van der Waals surface area contributed by atoms with E-state index in [9.17, 15) is 18.4 Å². The summed E-state index contributed by atoms with van der Waals surface area (Å²) in [5.74, 6) is -2.40. The van der Waals surface area contributed by atoms with Crippen LogP contribution in [0.4, 0.5) is 8.78 Å². The van der Waals surface area contributed by atoms with Crippen molar-refractivity contribution in [2.75, 3.05) is 7.11 Å². The summed E-state index contributed by atoms with van der Waals surface area (Å²) in [4.78, 5) is 25.2. The van der Waals surface area contributed by atoms with Gasteiger partial charge in [-0.1, -0.05) is 56.4 Å². The van der Waals surface area contributed by atoms with Gasteiger partial charge in [-0.05, 0) is 42.5 Å². The number of nitrogens with zero attached hydrogens (tertiary/aromatic N) is 1. The topological polar surface area (TPSA) is 59.3 Å². The lowest BCUT2D eigenvalue weighted by Gasteiger charge is -2.22. The number of aliphatic hydroxyl groups excluding tert-OH is 1. The third-order valence-corrected chi connectivity index (χ3v) is 5.69. The molecule has 0 radical (unpaired) electrons. The predicted octanol–water partition coefficient (Wildman–Crippen LogP) is 5.65. The lowest BCUT2D eigenvalue weighted by Crippen LogP contribution is -2.24. The first-order valence-corrected chi connectivity index (χ1v) is 10.9. The summed E-state index contributed by atoms with van der Waals surface area (Å²) in [6, 6.07) is 9.19. The van der Waals surface area contributed by atoms with Gasteiger partial charge in [0, 0.05) is 30.8 Å². The van der Waals surface area contributed by atoms with Crippen LogP contribution in [0.1, 0.15) is 56.2 Å². The lowest BCUT2D eigenvalue weighted by molar-refractivity contribution is -0.109. The Hall–Kier alpha value is -2.86. The third kappa shape index (κ3) is 5.30. The summed E-state index contributed by atoms with van der Waals surface area (Å²) in [7, 11) is 2.64. The highest BCUT2D eigenvalue weighted by Crippen LogP contribution is 2.36. The van der Waals surface area contributed by atoms with Crippen LogP contribution < -0.4 is 5.56 Å². The molecular weight excluding hydrogens is 412 g/mol. The molecule has 4 nitrogen and oxygen atoms in total. The van der Waals surface area contributed by atoms with Gasteiger partial charge in [0.05, 0.1) is 5.92 Å². The van der Waals surface area contributed by atoms with Crippen LogP contribution >= 0.6 is 0 Å². The molecule has 0 saturated carbocycles. The van der Waals surface area contributed by atoms with Crippen LogP contribution in [-0.2, 0) is 11.8 Å². The number of carbonyl (C=O) groups excluding carboxylic acids is 1. The first kappa shape index (κ1) is 25.4. The summed E-state index contributed by atoms with van der Waals surface area (Å²) < 4.78 is 29.2. The van der Waals surface area contributed by atoms with Crippen LogP contribution in [0.3, 0.4) is 0 Å². The number of benzene rings is 2. The SMILES string of the molecule is CCCCCCC(C=O)c1c(-c2ccc(F)c(F)c2)c2cc(C)ccc2c(=O)n1C.CO. The average molecular weight is 444 g/mol. The fraction of sp³-hybridized carbons (Fsp3) is 0.385. The van der Waals surface area contributed by atoms with Gasteiger partial charge in [-0.2, -0.15) is 0 Å². The molecule has 0 amide bonds. The van der Waals surface area contributed by atoms with Crippen molar-refractivity contribution in [3.63, 3.8) is 0 Å². The van der Waals surface area contributed by atoms with Crippen LogP contribution in [-0.4, -0.2) is 23.1 Å². The van der Waals surface area contributed by atoms with Crippen LogP contribution in [0, 0.1) is 18.6 Å². The standard InChI is InChI=1S/C25H27F2NO2.CH4O/c1-4-5-6-7-8-18(15-29)24-23(17-10-12-21(26)22(27)14-17)20-13-16(2)9-11-19(20)25(30)28(24)3;1-2/h9-15,18H,4-8H2,1-3H3;2H,1H3. The van der Waals surface area contributed by atoms with E-state index in [0.29, 0.717) is 34.0 Å². The van der Waals surface area contributed by atoms with E-state index in [0.717, 1.165) is 56.8 Å². The molecule has 0 aliphatic heterocycles. The van der Waals surface area contributed by atoms with Crippen LogP contribution in [0.15, 0.2) is 41.2 Å². The van der Waals surface area contributed by atoms with E-state index < -0.39 is 17.6 Å². The number of aldehydes is 1. The van der Waals surface area contributed by atoms with Crippen LogP contribution in [0.25, 0.3) is 21.9 Å². The van der Waals surface area contributed by atoms with E-state index >= 15 is 0 Å². The fourth-order valence-electron chi connectivity index (χ4n) is 4.10. The molecule has 3 aromatic rings.